The Morgan fingerprint density at radius 2 is 1.61 bits per heavy atom. The number of aliphatic hydroxyl groups is 1. The van der Waals surface area contributed by atoms with Crippen molar-refractivity contribution in [3.05, 3.63) is 71.3 Å². The van der Waals surface area contributed by atoms with Crippen LogP contribution in [0.1, 0.15) is 54.8 Å². The monoisotopic (exact) mass is 416 g/mol. The molecule has 162 valence electrons. The molecule has 0 bridgehead atoms. The Balaban J connectivity index is 1.14. The fourth-order valence-corrected chi connectivity index (χ4v) is 6.79. The molecule has 4 heteroatoms. The zero-order chi connectivity index (χ0) is 21.0. The summed E-state index contributed by atoms with van der Waals surface area (Å²) in [5, 5.41) is 15.0. The SMILES string of the molecule is O=C(NC1C2CN(C3CCc4ccccc43)CC21)C(O)(c1ccccc1)C1CCCC1. The van der Waals surface area contributed by atoms with Crippen molar-refractivity contribution in [3.8, 4) is 0 Å². The van der Waals surface area contributed by atoms with Gasteiger partial charge in [-0.25, -0.2) is 0 Å². The van der Waals surface area contributed by atoms with Gasteiger partial charge in [0, 0.05) is 31.1 Å². The first-order valence-electron chi connectivity index (χ1n) is 12.1. The minimum atomic E-state index is -1.40. The van der Waals surface area contributed by atoms with Gasteiger partial charge in [-0.15, -0.1) is 0 Å². The van der Waals surface area contributed by atoms with E-state index in [9.17, 15) is 9.90 Å². The first kappa shape index (κ1) is 19.5. The van der Waals surface area contributed by atoms with Gasteiger partial charge in [-0.3, -0.25) is 9.69 Å². The van der Waals surface area contributed by atoms with Crippen LogP contribution >= 0.6 is 0 Å². The summed E-state index contributed by atoms with van der Waals surface area (Å²) in [5.74, 6) is 0.892. The van der Waals surface area contributed by atoms with Gasteiger partial charge in [-0.2, -0.15) is 0 Å². The lowest BCUT2D eigenvalue weighted by Gasteiger charge is -2.34. The highest BCUT2D eigenvalue weighted by molar-refractivity contribution is 5.87. The van der Waals surface area contributed by atoms with Crippen LogP contribution in [0, 0.1) is 17.8 Å². The predicted octanol–water partition coefficient (Wildman–Crippen LogP) is 3.80. The molecule has 1 amide bonds. The molecule has 2 saturated carbocycles. The number of aryl methyl sites for hydroxylation is 1. The lowest BCUT2D eigenvalue weighted by atomic mass is 9.79. The molecule has 2 aromatic rings. The largest absolute Gasteiger partial charge is 0.375 e. The van der Waals surface area contributed by atoms with E-state index in [1.54, 1.807) is 0 Å². The first-order valence-corrected chi connectivity index (χ1v) is 12.1. The van der Waals surface area contributed by atoms with Crippen molar-refractivity contribution in [3.63, 3.8) is 0 Å². The molecule has 6 rings (SSSR count). The van der Waals surface area contributed by atoms with Crippen molar-refractivity contribution < 1.29 is 9.90 Å². The molecule has 4 aliphatic rings. The molecule has 4 unspecified atom stereocenters. The Hall–Kier alpha value is -2.17. The summed E-state index contributed by atoms with van der Waals surface area (Å²) in [6.45, 7) is 2.11. The molecule has 1 saturated heterocycles. The molecule has 0 aromatic heterocycles. The van der Waals surface area contributed by atoms with Gasteiger partial charge in [0.2, 0.25) is 0 Å². The van der Waals surface area contributed by atoms with Gasteiger partial charge in [0.05, 0.1) is 0 Å². The van der Waals surface area contributed by atoms with Crippen molar-refractivity contribution in [1.29, 1.82) is 0 Å². The summed E-state index contributed by atoms with van der Waals surface area (Å²) in [4.78, 5) is 16.1. The van der Waals surface area contributed by atoms with E-state index in [-0.39, 0.29) is 17.9 Å². The topological polar surface area (TPSA) is 52.6 Å². The van der Waals surface area contributed by atoms with Crippen molar-refractivity contribution in [2.24, 2.45) is 17.8 Å². The minimum Gasteiger partial charge on any atom is -0.375 e. The molecule has 1 aliphatic heterocycles. The molecule has 3 fully saturated rings. The minimum absolute atomic E-state index is 0.0139. The fraction of sp³-hybridized carbons (Fsp3) is 0.519. The molecule has 4 nitrogen and oxygen atoms in total. The van der Waals surface area contributed by atoms with E-state index in [0.29, 0.717) is 17.9 Å². The molecule has 2 N–H and O–H groups in total. The molecule has 1 heterocycles. The van der Waals surface area contributed by atoms with Crippen LogP contribution in [-0.2, 0) is 16.8 Å². The highest BCUT2D eigenvalue weighted by Crippen LogP contribution is 2.51. The standard InChI is InChI=1S/C27H32N2O2/c30-26(27(31,20-11-5-6-12-20)19-9-2-1-3-10-19)28-25-22-16-29(17-23(22)25)24-15-14-18-8-4-7-13-21(18)24/h1-4,7-10,13,20,22-25,31H,5-6,11-12,14-17H2,(H,28,30). The summed E-state index contributed by atoms with van der Waals surface area (Å²) in [6, 6.07) is 19.2. The predicted molar refractivity (Wildman–Crippen MR) is 120 cm³/mol. The molecular formula is C27H32N2O2. The third-order valence-electron chi connectivity index (χ3n) is 8.57. The van der Waals surface area contributed by atoms with Crippen LogP contribution in [-0.4, -0.2) is 35.0 Å². The van der Waals surface area contributed by atoms with Crippen LogP contribution in [0.15, 0.2) is 54.6 Å². The number of nitrogens with zero attached hydrogens (tertiary/aromatic N) is 1. The Morgan fingerprint density at radius 3 is 2.35 bits per heavy atom. The number of nitrogens with one attached hydrogen (secondary N) is 1. The molecule has 0 radical (unpaired) electrons. The van der Waals surface area contributed by atoms with E-state index in [1.165, 1.54) is 24.0 Å². The van der Waals surface area contributed by atoms with Gasteiger partial charge in [0.1, 0.15) is 0 Å². The highest BCUT2D eigenvalue weighted by Gasteiger charge is 2.59. The number of benzene rings is 2. The maximum Gasteiger partial charge on any atom is 0.257 e. The van der Waals surface area contributed by atoms with E-state index in [1.807, 2.05) is 30.3 Å². The van der Waals surface area contributed by atoms with E-state index in [0.717, 1.165) is 44.3 Å². The van der Waals surface area contributed by atoms with Crippen LogP contribution in [0.3, 0.4) is 0 Å². The number of rotatable bonds is 5. The Kier molecular flexibility index (Phi) is 4.69. The van der Waals surface area contributed by atoms with Gasteiger partial charge in [0.25, 0.3) is 5.91 Å². The number of carbonyl (C=O) groups excluding carboxylic acids is 1. The number of fused-ring (bicyclic) bond motifs is 2. The van der Waals surface area contributed by atoms with E-state index < -0.39 is 5.60 Å². The van der Waals surface area contributed by atoms with Crippen LogP contribution in [0.2, 0.25) is 0 Å². The number of hydrogen-bond donors (Lipinski definition) is 2. The number of hydrogen-bond acceptors (Lipinski definition) is 3. The first-order chi connectivity index (χ1) is 15.2. The second-order valence-corrected chi connectivity index (χ2v) is 10.1. The van der Waals surface area contributed by atoms with Crippen molar-refractivity contribution in [2.75, 3.05) is 13.1 Å². The summed E-state index contributed by atoms with van der Waals surface area (Å²) >= 11 is 0. The summed E-state index contributed by atoms with van der Waals surface area (Å²) < 4.78 is 0. The lowest BCUT2D eigenvalue weighted by molar-refractivity contribution is -0.147. The van der Waals surface area contributed by atoms with E-state index in [4.69, 9.17) is 0 Å². The summed E-state index contributed by atoms with van der Waals surface area (Å²) in [5.41, 5.74) is 2.35. The average molecular weight is 417 g/mol. The van der Waals surface area contributed by atoms with Gasteiger partial charge in [-0.05, 0) is 54.2 Å². The Morgan fingerprint density at radius 1 is 0.935 bits per heavy atom. The number of carbonyl (C=O) groups is 1. The van der Waals surface area contributed by atoms with Crippen LogP contribution in [0.4, 0.5) is 0 Å². The zero-order valence-corrected chi connectivity index (χ0v) is 18.0. The molecule has 0 spiro atoms. The number of likely N-dealkylation sites (tertiary alicyclic amines) is 1. The zero-order valence-electron chi connectivity index (χ0n) is 18.0. The Labute approximate surface area is 184 Å². The second-order valence-electron chi connectivity index (χ2n) is 10.1. The van der Waals surface area contributed by atoms with E-state index in [2.05, 4.69) is 34.5 Å². The molecule has 3 aliphatic carbocycles. The second kappa shape index (κ2) is 7.46. The van der Waals surface area contributed by atoms with Crippen molar-refractivity contribution in [1.82, 2.24) is 10.2 Å². The number of amides is 1. The summed E-state index contributed by atoms with van der Waals surface area (Å²) in [7, 11) is 0. The van der Waals surface area contributed by atoms with Gasteiger partial charge < -0.3 is 10.4 Å². The molecule has 2 aromatic carbocycles. The Bertz CT molecular complexity index is 958. The summed E-state index contributed by atoms with van der Waals surface area (Å²) in [6.07, 6.45) is 6.43. The van der Waals surface area contributed by atoms with Gasteiger partial charge >= 0.3 is 0 Å². The molecule has 4 atom stereocenters. The smallest absolute Gasteiger partial charge is 0.257 e. The molecular weight excluding hydrogens is 384 g/mol. The van der Waals surface area contributed by atoms with Gasteiger partial charge in [0.15, 0.2) is 5.60 Å². The van der Waals surface area contributed by atoms with E-state index >= 15 is 0 Å². The maximum absolute atomic E-state index is 13.5. The normalized spacial score (nSPS) is 31.8. The number of piperidine rings is 1. The third-order valence-corrected chi connectivity index (χ3v) is 8.57. The van der Waals surface area contributed by atoms with Crippen LogP contribution in [0.5, 0.6) is 0 Å². The maximum atomic E-state index is 13.5. The van der Waals surface area contributed by atoms with Crippen molar-refractivity contribution >= 4 is 5.91 Å². The third kappa shape index (κ3) is 3.15. The lowest BCUT2D eigenvalue weighted by Crippen LogP contribution is -2.51. The quantitative estimate of drug-likeness (QED) is 0.780. The van der Waals surface area contributed by atoms with Crippen LogP contribution in [0.25, 0.3) is 0 Å². The average Bonchev–Trinajstić information content (AvgIpc) is 3.33. The van der Waals surface area contributed by atoms with Crippen LogP contribution < -0.4 is 5.32 Å². The molecule has 31 heavy (non-hydrogen) atoms. The van der Waals surface area contributed by atoms with Crippen molar-refractivity contribution in [2.45, 2.75) is 56.2 Å². The highest BCUT2D eigenvalue weighted by atomic mass is 16.3. The fourth-order valence-electron chi connectivity index (χ4n) is 6.79. The van der Waals surface area contributed by atoms with Gasteiger partial charge in [-0.1, -0.05) is 67.4 Å².